The van der Waals surface area contributed by atoms with Crippen molar-refractivity contribution in [3.05, 3.63) is 71.8 Å². The van der Waals surface area contributed by atoms with Crippen LogP contribution in [0.2, 0.25) is 0 Å². The molecule has 0 atom stereocenters. The Morgan fingerprint density at radius 2 is 1.71 bits per heavy atom. The van der Waals surface area contributed by atoms with Crippen LogP contribution >= 0.6 is 0 Å². The quantitative estimate of drug-likeness (QED) is 0.456. The van der Waals surface area contributed by atoms with Gasteiger partial charge in [0.25, 0.3) is 15.9 Å². The number of para-hydroxylation sites is 1. The van der Waals surface area contributed by atoms with Gasteiger partial charge in [0.05, 0.1) is 10.5 Å². The van der Waals surface area contributed by atoms with Gasteiger partial charge in [-0.1, -0.05) is 29.8 Å². The summed E-state index contributed by atoms with van der Waals surface area (Å²) in [5, 5.41) is 2.74. The van der Waals surface area contributed by atoms with Gasteiger partial charge in [-0.3, -0.25) is 9.52 Å². The number of benzene rings is 2. The lowest BCUT2D eigenvalue weighted by Gasteiger charge is -2.13. The molecule has 3 rings (SSSR count). The smallest absolute Gasteiger partial charge is 0.338 e. The lowest BCUT2D eigenvalue weighted by molar-refractivity contribution is -0.124. The first-order valence-corrected chi connectivity index (χ1v) is 11.7. The van der Waals surface area contributed by atoms with Crippen molar-refractivity contribution in [3.63, 3.8) is 0 Å². The van der Waals surface area contributed by atoms with Crippen LogP contribution in [0.1, 0.15) is 42.5 Å². The van der Waals surface area contributed by atoms with Crippen molar-refractivity contribution in [2.24, 2.45) is 0 Å². The summed E-state index contributed by atoms with van der Waals surface area (Å²) in [6.45, 7) is 0.136. The van der Waals surface area contributed by atoms with Gasteiger partial charge in [0.2, 0.25) is 0 Å². The molecule has 0 aliphatic heterocycles. The number of rotatable bonds is 9. The number of ether oxygens (including phenoxy) is 1. The number of carbonyl (C=O) groups is 2. The van der Waals surface area contributed by atoms with Crippen molar-refractivity contribution < 1.29 is 22.7 Å². The summed E-state index contributed by atoms with van der Waals surface area (Å²) in [5.74, 6) is -1.05. The van der Waals surface area contributed by atoms with Crippen molar-refractivity contribution >= 4 is 27.6 Å². The van der Waals surface area contributed by atoms with Gasteiger partial charge in [0.15, 0.2) is 6.61 Å². The summed E-state index contributed by atoms with van der Waals surface area (Å²) < 4.78 is 32.3. The number of nitrogens with one attached hydrogen (secondary N) is 2. The predicted molar refractivity (Wildman–Crippen MR) is 118 cm³/mol. The van der Waals surface area contributed by atoms with Crippen LogP contribution in [0.3, 0.4) is 0 Å². The fourth-order valence-electron chi connectivity index (χ4n) is 3.25. The third-order valence-corrected chi connectivity index (χ3v) is 6.31. The highest BCUT2D eigenvalue weighted by molar-refractivity contribution is 7.92. The molecular formula is C23H26N2O5S. The number of hydrogen-bond donors (Lipinski definition) is 2. The second-order valence-electron chi connectivity index (χ2n) is 7.28. The van der Waals surface area contributed by atoms with E-state index in [2.05, 4.69) is 16.1 Å². The van der Waals surface area contributed by atoms with Crippen molar-refractivity contribution in [2.45, 2.75) is 37.0 Å². The average Bonchev–Trinajstić information content (AvgIpc) is 2.79. The zero-order valence-electron chi connectivity index (χ0n) is 17.2. The molecule has 1 amide bonds. The summed E-state index contributed by atoms with van der Waals surface area (Å²) in [4.78, 5) is 24.0. The van der Waals surface area contributed by atoms with Gasteiger partial charge in [0.1, 0.15) is 0 Å². The predicted octanol–water partition coefficient (Wildman–Crippen LogP) is 3.65. The van der Waals surface area contributed by atoms with Gasteiger partial charge in [0, 0.05) is 12.2 Å². The third-order valence-electron chi connectivity index (χ3n) is 4.91. The summed E-state index contributed by atoms with van der Waals surface area (Å²) in [7, 11) is -3.77. The highest BCUT2D eigenvalue weighted by Crippen LogP contribution is 2.19. The SMILES string of the molecule is O=C(COC(=O)c1ccc(S(=O)(=O)Nc2ccccc2)cc1)NCCC1=CCCCC1. The van der Waals surface area contributed by atoms with Crippen molar-refractivity contribution in [1.82, 2.24) is 5.32 Å². The lowest BCUT2D eigenvalue weighted by atomic mass is 9.97. The minimum Gasteiger partial charge on any atom is -0.452 e. The largest absolute Gasteiger partial charge is 0.452 e. The van der Waals surface area contributed by atoms with E-state index in [0.717, 1.165) is 19.3 Å². The molecule has 164 valence electrons. The molecule has 2 aromatic carbocycles. The number of amides is 1. The Labute approximate surface area is 182 Å². The first kappa shape index (κ1) is 22.6. The van der Waals surface area contributed by atoms with E-state index in [1.54, 1.807) is 30.3 Å². The van der Waals surface area contributed by atoms with E-state index in [0.29, 0.717) is 12.2 Å². The number of anilines is 1. The Morgan fingerprint density at radius 1 is 0.968 bits per heavy atom. The Balaban J connectivity index is 1.46. The number of hydrogen-bond acceptors (Lipinski definition) is 5. The summed E-state index contributed by atoms with van der Waals surface area (Å²) in [6.07, 6.45) is 7.64. The Bertz CT molecular complexity index is 1030. The molecule has 7 nitrogen and oxygen atoms in total. The number of sulfonamides is 1. The summed E-state index contributed by atoms with van der Waals surface area (Å²) in [5.41, 5.74) is 1.97. The minimum atomic E-state index is -3.77. The maximum atomic E-state index is 12.4. The van der Waals surface area contributed by atoms with Crippen LogP contribution in [-0.4, -0.2) is 33.4 Å². The van der Waals surface area contributed by atoms with Gasteiger partial charge >= 0.3 is 5.97 Å². The minimum absolute atomic E-state index is 0.0164. The molecule has 0 heterocycles. The van der Waals surface area contributed by atoms with E-state index in [9.17, 15) is 18.0 Å². The lowest BCUT2D eigenvalue weighted by Crippen LogP contribution is -2.29. The average molecular weight is 443 g/mol. The topological polar surface area (TPSA) is 102 Å². The zero-order chi connectivity index (χ0) is 22.1. The molecule has 2 N–H and O–H groups in total. The zero-order valence-corrected chi connectivity index (χ0v) is 18.0. The van der Waals surface area contributed by atoms with Crippen LogP contribution < -0.4 is 10.0 Å². The Morgan fingerprint density at radius 3 is 2.39 bits per heavy atom. The maximum absolute atomic E-state index is 12.4. The van der Waals surface area contributed by atoms with Crippen LogP contribution in [-0.2, 0) is 19.6 Å². The van der Waals surface area contributed by atoms with E-state index in [1.807, 2.05) is 0 Å². The standard InChI is InChI=1S/C23H26N2O5S/c26-22(24-16-15-18-7-3-1-4-8-18)17-30-23(27)19-11-13-21(14-12-19)31(28,29)25-20-9-5-2-6-10-20/h2,5-7,9-14,25H,1,3-4,8,15-17H2,(H,24,26). The number of allylic oxidation sites excluding steroid dienone is 1. The van der Waals surface area contributed by atoms with Crippen molar-refractivity contribution in [3.8, 4) is 0 Å². The molecule has 0 unspecified atom stereocenters. The fourth-order valence-corrected chi connectivity index (χ4v) is 4.31. The fraction of sp³-hybridized carbons (Fsp3) is 0.304. The highest BCUT2D eigenvalue weighted by atomic mass is 32.2. The maximum Gasteiger partial charge on any atom is 0.338 e. The molecule has 0 fully saturated rings. The molecule has 0 spiro atoms. The third kappa shape index (κ3) is 6.96. The molecule has 1 aliphatic carbocycles. The molecule has 0 aromatic heterocycles. The second kappa shape index (κ2) is 10.8. The van der Waals surface area contributed by atoms with Crippen LogP contribution in [0, 0.1) is 0 Å². The Hall–Kier alpha value is -3.13. The van der Waals surface area contributed by atoms with E-state index in [1.165, 1.54) is 42.7 Å². The van der Waals surface area contributed by atoms with Crippen LogP contribution in [0.4, 0.5) is 5.69 Å². The summed E-state index contributed by atoms with van der Waals surface area (Å²) >= 11 is 0. The van der Waals surface area contributed by atoms with Gasteiger partial charge in [-0.15, -0.1) is 0 Å². The molecule has 2 aromatic rings. The van der Waals surface area contributed by atoms with Gasteiger partial charge in [-0.2, -0.15) is 0 Å². The second-order valence-corrected chi connectivity index (χ2v) is 8.96. The van der Waals surface area contributed by atoms with Gasteiger partial charge in [-0.25, -0.2) is 13.2 Å². The molecular weight excluding hydrogens is 416 g/mol. The number of esters is 1. The van der Waals surface area contributed by atoms with Crippen LogP contribution in [0.25, 0.3) is 0 Å². The van der Waals surface area contributed by atoms with E-state index < -0.39 is 16.0 Å². The monoisotopic (exact) mass is 442 g/mol. The van der Waals surface area contributed by atoms with Crippen LogP contribution in [0.5, 0.6) is 0 Å². The molecule has 0 radical (unpaired) electrons. The molecule has 0 saturated heterocycles. The van der Waals surface area contributed by atoms with Crippen molar-refractivity contribution in [2.75, 3.05) is 17.9 Å². The van der Waals surface area contributed by atoms with Gasteiger partial charge < -0.3 is 10.1 Å². The normalized spacial score (nSPS) is 13.7. The highest BCUT2D eigenvalue weighted by Gasteiger charge is 2.16. The summed E-state index contributed by atoms with van der Waals surface area (Å²) in [6, 6.07) is 13.9. The molecule has 0 bridgehead atoms. The Kier molecular flexibility index (Phi) is 7.83. The van der Waals surface area contributed by atoms with E-state index >= 15 is 0 Å². The first-order chi connectivity index (χ1) is 14.9. The van der Waals surface area contributed by atoms with E-state index in [-0.39, 0.29) is 23.0 Å². The number of carbonyl (C=O) groups excluding carboxylic acids is 2. The molecule has 31 heavy (non-hydrogen) atoms. The van der Waals surface area contributed by atoms with E-state index in [4.69, 9.17) is 4.74 Å². The van der Waals surface area contributed by atoms with Crippen LogP contribution in [0.15, 0.2) is 71.1 Å². The molecule has 8 heteroatoms. The van der Waals surface area contributed by atoms with Gasteiger partial charge in [-0.05, 0) is 68.5 Å². The van der Waals surface area contributed by atoms with Crippen molar-refractivity contribution in [1.29, 1.82) is 0 Å². The molecule has 1 aliphatic rings. The first-order valence-electron chi connectivity index (χ1n) is 10.2. The molecule has 0 saturated carbocycles.